The van der Waals surface area contributed by atoms with Gasteiger partial charge in [0, 0.05) is 25.6 Å². The fraction of sp³-hybridized carbons (Fsp3) is 0.562. The average molecular weight is 260 g/mol. The minimum atomic E-state index is 0.222. The summed E-state index contributed by atoms with van der Waals surface area (Å²) in [7, 11) is 1.96. The Hall–Kier alpha value is -1.35. The summed E-state index contributed by atoms with van der Waals surface area (Å²) in [5.41, 5.74) is 2.52. The third-order valence-corrected chi connectivity index (χ3v) is 4.07. The molecule has 1 aliphatic rings. The highest BCUT2D eigenvalue weighted by atomic mass is 16.2. The van der Waals surface area contributed by atoms with Crippen LogP contribution in [0.4, 0.5) is 0 Å². The largest absolute Gasteiger partial charge is 0.340 e. The number of hydrogen-bond donors (Lipinski definition) is 1. The molecule has 1 amide bonds. The van der Waals surface area contributed by atoms with E-state index in [0.717, 1.165) is 25.9 Å². The van der Waals surface area contributed by atoms with Crippen molar-refractivity contribution >= 4 is 5.91 Å². The molecule has 2 atom stereocenters. The Kier molecular flexibility index (Phi) is 4.59. The summed E-state index contributed by atoms with van der Waals surface area (Å²) in [6.07, 6.45) is 1.82. The van der Waals surface area contributed by atoms with Crippen molar-refractivity contribution in [2.75, 3.05) is 20.1 Å². The molecule has 0 spiro atoms. The molecule has 1 heterocycles. The number of carbonyl (C=O) groups is 1. The minimum absolute atomic E-state index is 0.222. The summed E-state index contributed by atoms with van der Waals surface area (Å²) in [6.45, 7) is 5.95. The summed E-state index contributed by atoms with van der Waals surface area (Å²) in [5, 5.41) is 3.33. The SMILES string of the molecule is CCC1CC(=O)N(CC(NC)c2cccc(C)c2)C1. The fourth-order valence-electron chi connectivity index (χ4n) is 2.77. The van der Waals surface area contributed by atoms with Crippen molar-refractivity contribution in [1.82, 2.24) is 10.2 Å². The minimum Gasteiger partial charge on any atom is -0.340 e. The predicted molar refractivity (Wildman–Crippen MR) is 78.0 cm³/mol. The van der Waals surface area contributed by atoms with Gasteiger partial charge in [0.1, 0.15) is 0 Å². The lowest BCUT2D eigenvalue weighted by molar-refractivity contribution is -0.128. The van der Waals surface area contributed by atoms with Gasteiger partial charge in [0.25, 0.3) is 0 Å². The maximum Gasteiger partial charge on any atom is 0.222 e. The number of likely N-dealkylation sites (tertiary alicyclic amines) is 1. The molecule has 1 aromatic rings. The molecule has 104 valence electrons. The van der Waals surface area contributed by atoms with Gasteiger partial charge in [-0.25, -0.2) is 0 Å². The average Bonchev–Trinajstić information content (AvgIpc) is 2.76. The van der Waals surface area contributed by atoms with Gasteiger partial charge in [0.15, 0.2) is 0 Å². The maximum absolute atomic E-state index is 12.0. The van der Waals surface area contributed by atoms with Gasteiger partial charge in [-0.1, -0.05) is 43.2 Å². The summed E-state index contributed by atoms with van der Waals surface area (Å²) >= 11 is 0. The van der Waals surface area contributed by atoms with Crippen molar-refractivity contribution < 1.29 is 4.79 Å². The van der Waals surface area contributed by atoms with E-state index < -0.39 is 0 Å². The molecule has 2 unspecified atom stereocenters. The van der Waals surface area contributed by atoms with Crippen molar-refractivity contribution in [1.29, 1.82) is 0 Å². The number of likely N-dealkylation sites (N-methyl/N-ethyl adjacent to an activating group) is 1. The van der Waals surface area contributed by atoms with E-state index in [1.54, 1.807) is 0 Å². The van der Waals surface area contributed by atoms with Crippen LogP contribution in [-0.4, -0.2) is 30.9 Å². The Morgan fingerprint density at radius 3 is 2.84 bits per heavy atom. The lowest BCUT2D eigenvalue weighted by Gasteiger charge is -2.24. The zero-order chi connectivity index (χ0) is 13.8. The first-order chi connectivity index (χ1) is 9.13. The van der Waals surface area contributed by atoms with Gasteiger partial charge in [-0.05, 0) is 25.5 Å². The summed E-state index contributed by atoms with van der Waals surface area (Å²) in [5.74, 6) is 0.849. The lowest BCUT2D eigenvalue weighted by atomic mass is 10.0. The van der Waals surface area contributed by atoms with Crippen molar-refractivity contribution in [3.63, 3.8) is 0 Å². The van der Waals surface area contributed by atoms with Gasteiger partial charge in [-0.3, -0.25) is 4.79 Å². The molecule has 3 nitrogen and oxygen atoms in total. The number of nitrogens with zero attached hydrogens (tertiary/aromatic N) is 1. The third-order valence-electron chi connectivity index (χ3n) is 4.07. The van der Waals surface area contributed by atoms with Crippen LogP contribution in [0.25, 0.3) is 0 Å². The van der Waals surface area contributed by atoms with E-state index in [1.807, 2.05) is 11.9 Å². The zero-order valence-corrected chi connectivity index (χ0v) is 12.1. The number of hydrogen-bond acceptors (Lipinski definition) is 2. The summed E-state index contributed by atoms with van der Waals surface area (Å²) < 4.78 is 0. The van der Waals surface area contributed by atoms with Crippen LogP contribution in [0.1, 0.15) is 36.9 Å². The molecule has 0 bridgehead atoms. The Labute approximate surface area is 116 Å². The van der Waals surface area contributed by atoms with Crippen LogP contribution >= 0.6 is 0 Å². The van der Waals surface area contributed by atoms with Crippen molar-refractivity contribution in [2.24, 2.45) is 5.92 Å². The third kappa shape index (κ3) is 3.35. The predicted octanol–water partition coefficient (Wildman–Crippen LogP) is 2.51. The maximum atomic E-state index is 12.0. The molecular weight excluding hydrogens is 236 g/mol. The first-order valence-corrected chi connectivity index (χ1v) is 7.15. The second-order valence-electron chi connectivity index (χ2n) is 5.53. The highest BCUT2D eigenvalue weighted by molar-refractivity contribution is 5.78. The van der Waals surface area contributed by atoms with Crippen LogP contribution in [0.3, 0.4) is 0 Å². The van der Waals surface area contributed by atoms with E-state index in [9.17, 15) is 4.79 Å². The molecule has 1 fully saturated rings. The molecule has 3 heteroatoms. The molecule has 1 aromatic carbocycles. The smallest absolute Gasteiger partial charge is 0.222 e. The van der Waals surface area contributed by atoms with E-state index >= 15 is 0 Å². The van der Waals surface area contributed by atoms with E-state index in [4.69, 9.17) is 0 Å². The zero-order valence-electron chi connectivity index (χ0n) is 12.1. The monoisotopic (exact) mass is 260 g/mol. The van der Waals surface area contributed by atoms with E-state index in [0.29, 0.717) is 11.8 Å². The summed E-state index contributed by atoms with van der Waals surface area (Å²) in [4.78, 5) is 14.0. The number of benzene rings is 1. The number of amides is 1. The van der Waals surface area contributed by atoms with Crippen LogP contribution in [0.5, 0.6) is 0 Å². The van der Waals surface area contributed by atoms with Gasteiger partial charge in [0.05, 0.1) is 0 Å². The van der Waals surface area contributed by atoms with Gasteiger partial charge in [0.2, 0.25) is 5.91 Å². The molecule has 1 N–H and O–H groups in total. The van der Waals surface area contributed by atoms with Crippen LogP contribution in [0.15, 0.2) is 24.3 Å². The molecule has 1 aliphatic heterocycles. The first kappa shape index (κ1) is 14.1. The van der Waals surface area contributed by atoms with Crippen LogP contribution in [0.2, 0.25) is 0 Å². The second-order valence-corrected chi connectivity index (χ2v) is 5.53. The fourth-order valence-corrected chi connectivity index (χ4v) is 2.77. The Bertz CT molecular complexity index is 444. The topological polar surface area (TPSA) is 32.3 Å². The molecule has 0 saturated carbocycles. The van der Waals surface area contributed by atoms with Crippen molar-refractivity contribution in [3.05, 3.63) is 35.4 Å². The van der Waals surface area contributed by atoms with E-state index in [2.05, 4.69) is 43.4 Å². The second kappa shape index (κ2) is 6.20. The molecule has 2 rings (SSSR count). The number of rotatable bonds is 5. The highest BCUT2D eigenvalue weighted by Gasteiger charge is 2.29. The van der Waals surface area contributed by atoms with Crippen LogP contribution in [-0.2, 0) is 4.79 Å². The Morgan fingerprint density at radius 2 is 2.26 bits per heavy atom. The molecule has 19 heavy (non-hydrogen) atoms. The standard InChI is InChI=1S/C16H24N2O/c1-4-13-9-16(19)18(10-13)11-15(17-3)14-7-5-6-12(2)8-14/h5-8,13,15,17H,4,9-11H2,1-3H3. The normalized spacial score (nSPS) is 20.9. The molecule has 1 saturated heterocycles. The van der Waals surface area contributed by atoms with Crippen LogP contribution < -0.4 is 5.32 Å². The number of aryl methyl sites for hydroxylation is 1. The molecule has 0 aliphatic carbocycles. The first-order valence-electron chi connectivity index (χ1n) is 7.15. The number of carbonyl (C=O) groups excluding carboxylic acids is 1. The quantitative estimate of drug-likeness (QED) is 0.882. The van der Waals surface area contributed by atoms with E-state index in [-0.39, 0.29) is 6.04 Å². The molecular formula is C16H24N2O. The van der Waals surface area contributed by atoms with Gasteiger partial charge < -0.3 is 10.2 Å². The number of nitrogens with one attached hydrogen (secondary N) is 1. The van der Waals surface area contributed by atoms with Gasteiger partial charge in [-0.2, -0.15) is 0 Å². The Morgan fingerprint density at radius 1 is 1.47 bits per heavy atom. The van der Waals surface area contributed by atoms with Crippen molar-refractivity contribution in [2.45, 2.75) is 32.7 Å². The van der Waals surface area contributed by atoms with Crippen LogP contribution in [0, 0.1) is 12.8 Å². The summed E-state index contributed by atoms with van der Waals surface area (Å²) in [6, 6.07) is 8.73. The van der Waals surface area contributed by atoms with E-state index in [1.165, 1.54) is 11.1 Å². The van der Waals surface area contributed by atoms with Gasteiger partial charge >= 0.3 is 0 Å². The Balaban J connectivity index is 2.05. The lowest BCUT2D eigenvalue weighted by Crippen LogP contribution is -2.35. The van der Waals surface area contributed by atoms with Gasteiger partial charge in [-0.15, -0.1) is 0 Å². The molecule has 0 aromatic heterocycles. The van der Waals surface area contributed by atoms with Crippen molar-refractivity contribution in [3.8, 4) is 0 Å². The molecule has 0 radical (unpaired) electrons. The highest BCUT2D eigenvalue weighted by Crippen LogP contribution is 2.23.